The minimum absolute atomic E-state index is 0.0506. The number of hydrogen-bond donors (Lipinski definition) is 1. The maximum atomic E-state index is 12.2. The van der Waals surface area contributed by atoms with Crippen LogP contribution in [0.5, 0.6) is 0 Å². The van der Waals surface area contributed by atoms with Crippen LogP contribution in [0.15, 0.2) is 0 Å². The molecule has 2 atom stereocenters. The zero-order valence-electron chi connectivity index (χ0n) is 7.80. The van der Waals surface area contributed by atoms with Crippen molar-refractivity contribution in [3.8, 4) is 0 Å². The molecule has 0 aromatic carbocycles. The number of hydrogen-bond acceptors (Lipinski definition) is 2. The number of fused-ring (bicyclic) bond motifs is 2. The van der Waals surface area contributed by atoms with E-state index >= 15 is 0 Å². The highest BCUT2D eigenvalue weighted by Gasteiger charge is 2.44. The van der Waals surface area contributed by atoms with Gasteiger partial charge < -0.3 is 5.11 Å². The Morgan fingerprint density at radius 1 is 1.14 bits per heavy atom. The molecule has 2 heterocycles. The largest absolute Gasteiger partial charge is 0.401 e. The van der Waals surface area contributed by atoms with Crippen LogP contribution in [0.3, 0.4) is 0 Å². The van der Waals surface area contributed by atoms with Gasteiger partial charge in [0.2, 0.25) is 0 Å². The average molecular weight is 209 g/mol. The minimum atomic E-state index is -4.11. The summed E-state index contributed by atoms with van der Waals surface area (Å²) in [7, 11) is 0. The minimum Gasteiger partial charge on any atom is -0.393 e. The van der Waals surface area contributed by atoms with Crippen molar-refractivity contribution in [3.05, 3.63) is 0 Å². The third kappa shape index (κ3) is 2.03. The fourth-order valence-corrected chi connectivity index (χ4v) is 2.71. The van der Waals surface area contributed by atoms with Gasteiger partial charge in [-0.05, 0) is 25.7 Å². The van der Waals surface area contributed by atoms with E-state index in [1.54, 1.807) is 0 Å². The topological polar surface area (TPSA) is 23.5 Å². The van der Waals surface area contributed by atoms with Gasteiger partial charge in [0.25, 0.3) is 0 Å². The zero-order chi connectivity index (χ0) is 10.3. The summed E-state index contributed by atoms with van der Waals surface area (Å²) in [6.07, 6.45) is -1.88. The van der Waals surface area contributed by atoms with Crippen molar-refractivity contribution in [3.63, 3.8) is 0 Å². The molecule has 2 unspecified atom stereocenters. The number of nitrogens with zero attached hydrogens (tertiary/aromatic N) is 1. The molecule has 2 saturated heterocycles. The van der Waals surface area contributed by atoms with E-state index in [0.717, 1.165) is 12.8 Å². The third-order valence-corrected chi connectivity index (χ3v) is 3.22. The lowest BCUT2D eigenvalue weighted by atomic mass is 10.00. The van der Waals surface area contributed by atoms with E-state index in [1.807, 2.05) is 0 Å². The summed E-state index contributed by atoms with van der Waals surface area (Å²) < 4.78 is 36.6. The Morgan fingerprint density at radius 2 is 1.64 bits per heavy atom. The monoisotopic (exact) mass is 209 g/mol. The Balaban J connectivity index is 2.01. The van der Waals surface area contributed by atoms with Gasteiger partial charge in [-0.1, -0.05) is 0 Å². The van der Waals surface area contributed by atoms with Crippen LogP contribution in [0.1, 0.15) is 25.7 Å². The van der Waals surface area contributed by atoms with E-state index in [-0.39, 0.29) is 12.1 Å². The van der Waals surface area contributed by atoms with Crippen molar-refractivity contribution in [2.75, 3.05) is 6.54 Å². The zero-order valence-corrected chi connectivity index (χ0v) is 7.80. The number of halogens is 3. The van der Waals surface area contributed by atoms with Crippen LogP contribution in [0.25, 0.3) is 0 Å². The second-order valence-electron chi connectivity index (χ2n) is 4.30. The molecule has 5 heteroatoms. The first kappa shape index (κ1) is 10.2. The Kier molecular flexibility index (Phi) is 2.47. The van der Waals surface area contributed by atoms with Crippen molar-refractivity contribution < 1.29 is 18.3 Å². The number of aliphatic hydroxyl groups excluding tert-OH is 1. The molecule has 2 aliphatic heterocycles. The van der Waals surface area contributed by atoms with Crippen LogP contribution in [-0.2, 0) is 0 Å². The number of alkyl halides is 3. The fourth-order valence-electron chi connectivity index (χ4n) is 2.71. The molecule has 0 aromatic heterocycles. The molecule has 14 heavy (non-hydrogen) atoms. The summed E-state index contributed by atoms with van der Waals surface area (Å²) in [6.45, 7) is -0.810. The van der Waals surface area contributed by atoms with Gasteiger partial charge in [-0.3, -0.25) is 4.90 Å². The molecule has 1 N–H and O–H groups in total. The molecule has 0 aromatic rings. The quantitative estimate of drug-likeness (QED) is 0.708. The third-order valence-electron chi connectivity index (χ3n) is 3.22. The van der Waals surface area contributed by atoms with E-state index < -0.39 is 18.8 Å². The number of piperidine rings is 1. The summed E-state index contributed by atoms with van der Waals surface area (Å²) in [5.41, 5.74) is 0. The van der Waals surface area contributed by atoms with E-state index in [1.165, 1.54) is 4.90 Å². The van der Waals surface area contributed by atoms with E-state index in [4.69, 9.17) is 0 Å². The first-order chi connectivity index (χ1) is 6.46. The van der Waals surface area contributed by atoms with E-state index in [9.17, 15) is 18.3 Å². The lowest BCUT2D eigenvalue weighted by molar-refractivity contribution is -0.158. The van der Waals surface area contributed by atoms with Crippen molar-refractivity contribution in [1.82, 2.24) is 4.90 Å². The molecule has 0 amide bonds. The van der Waals surface area contributed by atoms with Gasteiger partial charge in [0.15, 0.2) is 0 Å². The summed E-state index contributed by atoms with van der Waals surface area (Å²) in [5.74, 6) is 0. The highest BCUT2D eigenvalue weighted by atomic mass is 19.4. The summed E-state index contributed by atoms with van der Waals surface area (Å²) >= 11 is 0. The van der Waals surface area contributed by atoms with E-state index in [0.29, 0.717) is 12.8 Å². The van der Waals surface area contributed by atoms with Crippen LogP contribution in [0.4, 0.5) is 13.2 Å². The lowest BCUT2D eigenvalue weighted by Crippen LogP contribution is -2.48. The van der Waals surface area contributed by atoms with Gasteiger partial charge in [0.1, 0.15) is 0 Å². The normalized spacial score (nSPS) is 39.0. The predicted molar refractivity (Wildman–Crippen MR) is 44.8 cm³/mol. The summed E-state index contributed by atoms with van der Waals surface area (Å²) in [4.78, 5) is 1.52. The van der Waals surface area contributed by atoms with Gasteiger partial charge in [0, 0.05) is 12.1 Å². The maximum Gasteiger partial charge on any atom is 0.401 e. The Morgan fingerprint density at radius 3 is 2.07 bits per heavy atom. The second kappa shape index (κ2) is 3.38. The average Bonchev–Trinajstić information content (AvgIpc) is 2.31. The Bertz CT molecular complexity index is 205. The highest BCUT2D eigenvalue weighted by Crippen LogP contribution is 2.37. The lowest BCUT2D eigenvalue weighted by Gasteiger charge is -2.37. The highest BCUT2D eigenvalue weighted by molar-refractivity contribution is 4.95. The standard InChI is InChI=1S/C9H14F3NO/c10-9(11,12)5-13-6-1-2-7(13)4-8(14)3-6/h6-8,14H,1-5H2. The van der Waals surface area contributed by atoms with Crippen molar-refractivity contribution >= 4 is 0 Å². The molecule has 2 aliphatic rings. The molecule has 82 valence electrons. The summed E-state index contributed by atoms with van der Waals surface area (Å²) in [6, 6.07) is -0.101. The first-order valence-electron chi connectivity index (χ1n) is 4.96. The Labute approximate surface area is 80.7 Å². The molecule has 0 aliphatic carbocycles. The van der Waals surface area contributed by atoms with Gasteiger partial charge in [-0.15, -0.1) is 0 Å². The van der Waals surface area contributed by atoms with Gasteiger partial charge in [-0.2, -0.15) is 13.2 Å². The smallest absolute Gasteiger partial charge is 0.393 e. The van der Waals surface area contributed by atoms with Gasteiger partial charge in [0.05, 0.1) is 12.6 Å². The van der Waals surface area contributed by atoms with Crippen LogP contribution in [0.2, 0.25) is 0 Å². The molecule has 0 spiro atoms. The van der Waals surface area contributed by atoms with Gasteiger partial charge >= 0.3 is 6.18 Å². The maximum absolute atomic E-state index is 12.2. The van der Waals surface area contributed by atoms with Crippen LogP contribution < -0.4 is 0 Å². The molecular formula is C9H14F3NO. The number of rotatable bonds is 1. The molecular weight excluding hydrogens is 195 g/mol. The van der Waals surface area contributed by atoms with Crippen molar-refractivity contribution in [2.24, 2.45) is 0 Å². The molecule has 0 saturated carbocycles. The molecule has 2 nitrogen and oxygen atoms in total. The fraction of sp³-hybridized carbons (Fsp3) is 1.00. The first-order valence-corrected chi connectivity index (χ1v) is 4.96. The second-order valence-corrected chi connectivity index (χ2v) is 4.30. The van der Waals surface area contributed by atoms with Gasteiger partial charge in [-0.25, -0.2) is 0 Å². The van der Waals surface area contributed by atoms with Crippen LogP contribution in [0, 0.1) is 0 Å². The molecule has 2 bridgehead atoms. The molecule has 2 fully saturated rings. The molecule has 0 radical (unpaired) electrons. The van der Waals surface area contributed by atoms with Crippen LogP contribution in [-0.4, -0.2) is 40.9 Å². The van der Waals surface area contributed by atoms with Crippen molar-refractivity contribution in [1.29, 1.82) is 0 Å². The predicted octanol–water partition coefficient (Wildman–Crippen LogP) is 1.54. The SMILES string of the molecule is OC1CC2CCC(C1)N2CC(F)(F)F. The van der Waals surface area contributed by atoms with E-state index in [2.05, 4.69) is 0 Å². The Hall–Kier alpha value is -0.290. The van der Waals surface area contributed by atoms with Crippen molar-refractivity contribution in [2.45, 2.75) is 50.0 Å². The number of aliphatic hydroxyl groups is 1. The summed E-state index contributed by atoms with van der Waals surface area (Å²) in [5, 5.41) is 9.40. The molecule has 2 rings (SSSR count). The van der Waals surface area contributed by atoms with Crippen LogP contribution >= 0.6 is 0 Å².